The normalized spacial score (nSPS) is 20.4. The third kappa shape index (κ3) is 3.19. The van der Waals surface area contributed by atoms with Gasteiger partial charge in [-0.3, -0.25) is 0 Å². The predicted octanol–water partition coefficient (Wildman–Crippen LogP) is 4.49. The molecule has 0 radical (unpaired) electrons. The summed E-state index contributed by atoms with van der Waals surface area (Å²) in [6.45, 7) is 0.565. The number of hydroxylamine groups is 2. The Morgan fingerprint density at radius 2 is 1.24 bits per heavy atom. The van der Waals surface area contributed by atoms with Crippen LogP contribution in [0.25, 0.3) is 0 Å². The van der Waals surface area contributed by atoms with Crippen molar-refractivity contribution in [2.45, 2.75) is 18.5 Å². The van der Waals surface area contributed by atoms with Gasteiger partial charge in [0.1, 0.15) is 5.92 Å². The molecule has 1 saturated heterocycles. The molecule has 1 aliphatic heterocycles. The highest BCUT2D eigenvalue weighted by atomic mass is 16.7. The second-order valence-electron chi connectivity index (χ2n) is 6.21. The molecular formula is C22H19NO2. The number of benzene rings is 3. The molecule has 0 aromatic heterocycles. The molecule has 124 valence electrons. The molecule has 0 saturated carbocycles. The van der Waals surface area contributed by atoms with Crippen molar-refractivity contribution in [3.8, 4) is 0 Å². The van der Waals surface area contributed by atoms with Crippen molar-refractivity contribution in [3.63, 3.8) is 0 Å². The van der Waals surface area contributed by atoms with E-state index < -0.39 is 0 Å². The van der Waals surface area contributed by atoms with Crippen LogP contribution in [0.2, 0.25) is 0 Å². The fraction of sp³-hybridized carbons (Fsp3) is 0.136. The zero-order valence-corrected chi connectivity index (χ0v) is 13.8. The molecule has 3 heteroatoms. The van der Waals surface area contributed by atoms with Gasteiger partial charge in [0.2, 0.25) is 0 Å². The summed E-state index contributed by atoms with van der Waals surface area (Å²) in [6, 6.07) is 29.9. The SMILES string of the molecule is O=C1ON(Cc2ccccc2)C(c2ccccc2)C1c1ccccc1. The van der Waals surface area contributed by atoms with E-state index in [2.05, 4.69) is 12.1 Å². The molecule has 1 fully saturated rings. The highest BCUT2D eigenvalue weighted by Gasteiger charge is 2.45. The summed E-state index contributed by atoms with van der Waals surface area (Å²) in [5, 5.41) is 1.81. The van der Waals surface area contributed by atoms with Crippen LogP contribution < -0.4 is 0 Å². The van der Waals surface area contributed by atoms with Gasteiger partial charge in [-0.25, -0.2) is 4.79 Å². The van der Waals surface area contributed by atoms with Gasteiger partial charge in [0, 0.05) is 0 Å². The molecule has 0 N–H and O–H groups in total. The Labute approximate surface area is 147 Å². The lowest BCUT2D eigenvalue weighted by atomic mass is 9.87. The summed E-state index contributed by atoms with van der Waals surface area (Å²) < 4.78 is 0. The fourth-order valence-electron chi connectivity index (χ4n) is 3.41. The Bertz CT molecular complexity index is 834. The Morgan fingerprint density at radius 1 is 0.720 bits per heavy atom. The predicted molar refractivity (Wildman–Crippen MR) is 96.4 cm³/mol. The minimum Gasteiger partial charge on any atom is -0.366 e. The Balaban J connectivity index is 1.73. The van der Waals surface area contributed by atoms with Crippen LogP contribution in [-0.4, -0.2) is 11.0 Å². The van der Waals surface area contributed by atoms with Crippen LogP contribution in [0.15, 0.2) is 91.0 Å². The highest BCUT2D eigenvalue weighted by molar-refractivity contribution is 5.81. The van der Waals surface area contributed by atoms with Gasteiger partial charge < -0.3 is 4.84 Å². The van der Waals surface area contributed by atoms with Gasteiger partial charge in [-0.2, -0.15) is 0 Å². The molecule has 0 spiro atoms. The lowest BCUT2D eigenvalue weighted by Crippen LogP contribution is -2.23. The maximum Gasteiger partial charge on any atom is 0.334 e. The summed E-state index contributed by atoms with van der Waals surface area (Å²) >= 11 is 0. The quantitative estimate of drug-likeness (QED) is 0.706. The largest absolute Gasteiger partial charge is 0.366 e. The number of hydrogen-bond donors (Lipinski definition) is 0. The number of carbonyl (C=O) groups is 1. The molecule has 3 nitrogen and oxygen atoms in total. The number of rotatable bonds is 4. The van der Waals surface area contributed by atoms with Crippen molar-refractivity contribution in [2.24, 2.45) is 0 Å². The van der Waals surface area contributed by atoms with E-state index in [-0.39, 0.29) is 17.9 Å². The van der Waals surface area contributed by atoms with Crippen LogP contribution in [0.4, 0.5) is 0 Å². The Hall–Kier alpha value is -2.91. The molecular weight excluding hydrogens is 310 g/mol. The summed E-state index contributed by atoms with van der Waals surface area (Å²) in [5.74, 6) is -0.525. The van der Waals surface area contributed by atoms with Crippen molar-refractivity contribution in [1.29, 1.82) is 0 Å². The van der Waals surface area contributed by atoms with E-state index >= 15 is 0 Å². The van der Waals surface area contributed by atoms with E-state index in [1.807, 2.05) is 83.9 Å². The molecule has 0 bridgehead atoms. The van der Waals surface area contributed by atoms with Crippen LogP contribution in [0.1, 0.15) is 28.7 Å². The van der Waals surface area contributed by atoms with Crippen LogP contribution in [0.5, 0.6) is 0 Å². The van der Waals surface area contributed by atoms with E-state index in [4.69, 9.17) is 4.84 Å². The number of carbonyl (C=O) groups excluding carboxylic acids is 1. The summed E-state index contributed by atoms with van der Waals surface area (Å²) in [6.07, 6.45) is 0. The van der Waals surface area contributed by atoms with Gasteiger partial charge >= 0.3 is 5.97 Å². The van der Waals surface area contributed by atoms with Gasteiger partial charge in [0.25, 0.3) is 0 Å². The molecule has 3 aromatic rings. The first kappa shape index (κ1) is 15.6. The van der Waals surface area contributed by atoms with Gasteiger partial charge in [0.05, 0.1) is 12.6 Å². The standard InChI is InChI=1S/C22H19NO2/c24-22-20(18-12-6-2-7-13-18)21(19-14-8-3-9-15-19)23(25-22)16-17-10-4-1-5-11-17/h1-15,20-21H,16H2. The van der Waals surface area contributed by atoms with Crippen LogP contribution in [-0.2, 0) is 16.2 Å². The molecule has 0 amide bonds. The molecule has 1 aliphatic rings. The average molecular weight is 329 g/mol. The Morgan fingerprint density at radius 3 is 1.84 bits per heavy atom. The maximum atomic E-state index is 12.7. The van der Waals surface area contributed by atoms with Crippen molar-refractivity contribution in [3.05, 3.63) is 108 Å². The van der Waals surface area contributed by atoms with E-state index in [9.17, 15) is 4.79 Å². The Kier molecular flexibility index (Phi) is 4.32. The summed E-state index contributed by atoms with van der Waals surface area (Å²) in [4.78, 5) is 18.4. The van der Waals surface area contributed by atoms with E-state index in [1.54, 1.807) is 0 Å². The minimum absolute atomic E-state index is 0.142. The second kappa shape index (κ2) is 6.91. The minimum atomic E-state index is -0.327. The van der Waals surface area contributed by atoms with Crippen molar-refractivity contribution >= 4 is 5.97 Å². The van der Waals surface area contributed by atoms with Crippen molar-refractivity contribution in [1.82, 2.24) is 5.06 Å². The third-order valence-electron chi connectivity index (χ3n) is 4.57. The lowest BCUT2D eigenvalue weighted by molar-refractivity contribution is -0.178. The molecule has 3 aromatic carbocycles. The van der Waals surface area contributed by atoms with Gasteiger partial charge in [-0.1, -0.05) is 91.0 Å². The summed E-state index contributed by atoms with van der Waals surface area (Å²) in [5.41, 5.74) is 3.18. The van der Waals surface area contributed by atoms with E-state index in [1.165, 1.54) is 0 Å². The molecule has 1 heterocycles. The first-order valence-electron chi connectivity index (χ1n) is 8.45. The lowest BCUT2D eigenvalue weighted by Gasteiger charge is -2.24. The van der Waals surface area contributed by atoms with Crippen LogP contribution >= 0.6 is 0 Å². The van der Waals surface area contributed by atoms with Crippen LogP contribution in [0.3, 0.4) is 0 Å². The van der Waals surface area contributed by atoms with Gasteiger partial charge in [-0.05, 0) is 16.7 Å². The molecule has 25 heavy (non-hydrogen) atoms. The first-order valence-corrected chi connectivity index (χ1v) is 8.45. The van der Waals surface area contributed by atoms with E-state index in [0.29, 0.717) is 6.54 Å². The number of nitrogens with zero attached hydrogens (tertiary/aromatic N) is 1. The monoisotopic (exact) mass is 329 g/mol. The zero-order chi connectivity index (χ0) is 17.1. The average Bonchev–Trinajstić information content (AvgIpc) is 2.99. The highest BCUT2D eigenvalue weighted by Crippen LogP contribution is 2.43. The van der Waals surface area contributed by atoms with Gasteiger partial charge in [0.15, 0.2) is 0 Å². The fourth-order valence-corrected chi connectivity index (χ4v) is 3.41. The molecule has 0 aliphatic carbocycles. The van der Waals surface area contributed by atoms with Crippen molar-refractivity contribution in [2.75, 3.05) is 0 Å². The third-order valence-corrected chi connectivity index (χ3v) is 4.57. The van der Waals surface area contributed by atoms with Crippen LogP contribution in [0, 0.1) is 0 Å². The second-order valence-corrected chi connectivity index (χ2v) is 6.21. The molecule has 4 rings (SSSR count). The smallest absolute Gasteiger partial charge is 0.334 e. The van der Waals surface area contributed by atoms with Crippen molar-refractivity contribution < 1.29 is 9.63 Å². The van der Waals surface area contributed by atoms with Gasteiger partial charge in [-0.15, -0.1) is 5.06 Å². The maximum absolute atomic E-state index is 12.7. The first-order chi connectivity index (χ1) is 12.3. The zero-order valence-electron chi connectivity index (χ0n) is 13.8. The molecule has 2 atom stereocenters. The van der Waals surface area contributed by atoms with E-state index in [0.717, 1.165) is 16.7 Å². The molecule has 2 unspecified atom stereocenters. The number of hydrogen-bond acceptors (Lipinski definition) is 3. The topological polar surface area (TPSA) is 29.5 Å². The summed E-state index contributed by atoms with van der Waals surface area (Å²) in [7, 11) is 0.